The maximum Gasteiger partial charge on any atom is 0.186 e. The van der Waals surface area contributed by atoms with Crippen molar-refractivity contribution in [1.29, 1.82) is 0 Å². The fourth-order valence-electron chi connectivity index (χ4n) is 2.14. The number of likely N-dealkylation sites (N-methyl/N-ethyl adjacent to an activating group) is 1. The second-order valence-electron chi connectivity index (χ2n) is 4.22. The van der Waals surface area contributed by atoms with Gasteiger partial charge in [0, 0.05) is 19.6 Å². The van der Waals surface area contributed by atoms with Gasteiger partial charge in [-0.1, -0.05) is 23.5 Å². The van der Waals surface area contributed by atoms with Gasteiger partial charge in [-0.05, 0) is 25.1 Å². The summed E-state index contributed by atoms with van der Waals surface area (Å²) in [6, 6.07) is 8.93. The number of rotatable bonds is 2. The smallest absolute Gasteiger partial charge is 0.186 e. The normalized spacial score (nSPS) is 19.2. The van der Waals surface area contributed by atoms with Gasteiger partial charge in [-0.15, -0.1) is 12.4 Å². The van der Waals surface area contributed by atoms with E-state index in [1.807, 2.05) is 6.07 Å². The predicted octanol–water partition coefficient (Wildman–Crippen LogP) is 2.52. The van der Waals surface area contributed by atoms with Crippen LogP contribution in [0, 0.1) is 0 Å². The lowest BCUT2D eigenvalue weighted by Gasteiger charge is -2.22. The van der Waals surface area contributed by atoms with E-state index < -0.39 is 0 Å². The second-order valence-corrected chi connectivity index (χ2v) is 5.23. The van der Waals surface area contributed by atoms with E-state index in [1.165, 1.54) is 11.1 Å². The Morgan fingerprint density at radius 1 is 1.41 bits per heavy atom. The highest BCUT2D eigenvalue weighted by Gasteiger charge is 2.21. The molecule has 1 aliphatic rings. The Labute approximate surface area is 111 Å². The number of hydrogen-bond donors (Lipinski definition) is 1. The Morgan fingerprint density at radius 3 is 2.94 bits per heavy atom. The molecule has 3 rings (SSSR count). The predicted molar refractivity (Wildman–Crippen MR) is 76.5 cm³/mol. The second kappa shape index (κ2) is 5.21. The monoisotopic (exact) mass is 269 g/mol. The van der Waals surface area contributed by atoms with Crippen molar-refractivity contribution in [2.24, 2.45) is 0 Å². The molecule has 0 unspecified atom stereocenters. The van der Waals surface area contributed by atoms with Gasteiger partial charge in [0.2, 0.25) is 0 Å². The Kier molecular flexibility index (Phi) is 3.86. The van der Waals surface area contributed by atoms with Crippen LogP contribution in [0.1, 0.15) is 6.42 Å². The van der Waals surface area contributed by atoms with E-state index in [9.17, 15) is 0 Å². The van der Waals surface area contributed by atoms with Crippen LogP contribution in [0.4, 0.5) is 5.13 Å². The molecule has 1 aromatic heterocycles. The number of hydrogen-bond acceptors (Lipinski definition) is 4. The van der Waals surface area contributed by atoms with Gasteiger partial charge in [0.25, 0.3) is 0 Å². The molecule has 0 saturated carbocycles. The molecule has 3 nitrogen and oxygen atoms in total. The first-order valence-corrected chi connectivity index (χ1v) is 6.45. The van der Waals surface area contributed by atoms with Crippen LogP contribution in [0.3, 0.4) is 0 Å². The molecule has 5 heteroatoms. The number of aromatic nitrogens is 1. The molecular weight excluding hydrogens is 254 g/mol. The van der Waals surface area contributed by atoms with Gasteiger partial charge in [0.1, 0.15) is 0 Å². The van der Waals surface area contributed by atoms with Crippen LogP contribution in [-0.2, 0) is 0 Å². The third-order valence-corrected chi connectivity index (χ3v) is 4.29. The summed E-state index contributed by atoms with van der Waals surface area (Å²) in [5, 5.41) is 4.53. The average Bonchev–Trinajstić information content (AvgIpc) is 2.97. The lowest BCUT2D eigenvalue weighted by atomic mass is 10.2. The first kappa shape index (κ1) is 12.6. The standard InChI is InChI=1S/C12H15N3S.ClH/c1-15(9-6-7-13-8-9)12-14-10-4-2-3-5-11(10)16-12;/h2-5,9,13H,6-8H2,1H3;1H/t9-;/m0./s1. The van der Waals surface area contributed by atoms with Crippen molar-refractivity contribution in [3.05, 3.63) is 24.3 Å². The van der Waals surface area contributed by atoms with Crippen LogP contribution in [0.15, 0.2) is 24.3 Å². The first-order valence-electron chi connectivity index (χ1n) is 5.64. The third kappa shape index (κ3) is 2.39. The molecule has 0 spiro atoms. The number of halogens is 1. The summed E-state index contributed by atoms with van der Waals surface area (Å²) >= 11 is 1.78. The van der Waals surface area contributed by atoms with Crippen molar-refractivity contribution in [3.8, 4) is 0 Å². The molecule has 92 valence electrons. The molecule has 0 aliphatic carbocycles. The zero-order valence-corrected chi connectivity index (χ0v) is 11.4. The van der Waals surface area contributed by atoms with Gasteiger partial charge >= 0.3 is 0 Å². The van der Waals surface area contributed by atoms with Crippen LogP contribution >= 0.6 is 23.7 Å². The van der Waals surface area contributed by atoms with Crippen LogP contribution in [-0.4, -0.2) is 31.2 Å². The van der Waals surface area contributed by atoms with E-state index in [0.717, 1.165) is 23.7 Å². The summed E-state index contributed by atoms with van der Waals surface area (Å²) in [4.78, 5) is 6.98. The molecule has 0 amide bonds. The van der Waals surface area contributed by atoms with E-state index >= 15 is 0 Å². The lowest BCUT2D eigenvalue weighted by Crippen LogP contribution is -2.33. The van der Waals surface area contributed by atoms with Gasteiger partial charge in [0.15, 0.2) is 5.13 Å². The zero-order chi connectivity index (χ0) is 11.0. The molecule has 0 radical (unpaired) electrons. The maximum atomic E-state index is 4.67. The van der Waals surface area contributed by atoms with Gasteiger partial charge < -0.3 is 10.2 Å². The van der Waals surface area contributed by atoms with Gasteiger partial charge in [-0.3, -0.25) is 0 Å². The maximum absolute atomic E-state index is 4.67. The van der Waals surface area contributed by atoms with Crippen molar-refractivity contribution in [2.45, 2.75) is 12.5 Å². The Morgan fingerprint density at radius 2 is 2.24 bits per heavy atom. The minimum atomic E-state index is 0. The number of benzene rings is 1. The van der Waals surface area contributed by atoms with E-state index in [-0.39, 0.29) is 12.4 Å². The summed E-state index contributed by atoms with van der Waals surface area (Å²) in [5.74, 6) is 0. The largest absolute Gasteiger partial charge is 0.347 e. The third-order valence-electron chi connectivity index (χ3n) is 3.17. The molecular formula is C12H16ClN3S. The molecule has 2 aromatic rings. The Hall–Kier alpha value is -0.840. The van der Waals surface area contributed by atoms with Crippen molar-refractivity contribution < 1.29 is 0 Å². The Balaban J connectivity index is 0.00000108. The van der Waals surface area contributed by atoms with E-state index in [0.29, 0.717) is 6.04 Å². The topological polar surface area (TPSA) is 28.2 Å². The van der Waals surface area contributed by atoms with Crippen LogP contribution in [0.25, 0.3) is 10.2 Å². The molecule has 1 saturated heterocycles. The fourth-order valence-corrected chi connectivity index (χ4v) is 3.14. The molecule has 1 aliphatic heterocycles. The summed E-state index contributed by atoms with van der Waals surface area (Å²) in [6.07, 6.45) is 1.21. The number of fused-ring (bicyclic) bond motifs is 1. The van der Waals surface area contributed by atoms with Crippen LogP contribution in [0.5, 0.6) is 0 Å². The summed E-state index contributed by atoms with van der Waals surface area (Å²) in [5.41, 5.74) is 1.11. The number of nitrogens with one attached hydrogen (secondary N) is 1. The van der Waals surface area contributed by atoms with Crippen LogP contribution < -0.4 is 10.2 Å². The lowest BCUT2D eigenvalue weighted by molar-refractivity contribution is 0.684. The molecule has 0 bridgehead atoms. The molecule has 17 heavy (non-hydrogen) atoms. The summed E-state index contributed by atoms with van der Waals surface area (Å²) < 4.78 is 1.27. The van der Waals surface area contributed by atoms with Crippen molar-refractivity contribution >= 4 is 39.1 Å². The summed E-state index contributed by atoms with van der Waals surface area (Å²) in [6.45, 7) is 2.20. The average molecular weight is 270 g/mol. The first-order chi connectivity index (χ1) is 7.84. The van der Waals surface area contributed by atoms with Gasteiger partial charge in [-0.25, -0.2) is 4.98 Å². The Bertz CT molecular complexity index is 460. The highest BCUT2D eigenvalue weighted by Crippen LogP contribution is 2.29. The fraction of sp³-hybridized carbons (Fsp3) is 0.417. The molecule has 2 heterocycles. The zero-order valence-electron chi connectivity index (χ0n) is 9.72. The molecule has 1 aromatic carbocycles. The minimum Gasteiger partial charge on any atom is -0.347 e. The van der Waals surface area contributed by atoms with Crippen LogP contribution in [0.2, 0.25) is 0 Å². The highest BCUT2D eigenvalue weighted by atomic mass is 35.5. The van der Waals surface area contributed by atoms with Gasteiger partial charge in [0.05, 0.1) is 10.2 Å². The molecule has 1 N–H and O–H groups in total. The SMILES string of the molecule is CN(c1nc2ccccc2s1)[C@H]1CCNC1.Cl. The van der Waals surface area contributed by atoms with E-state index in [1.54, 1.807) is 11.3 Å². The summed E-state index contributed by atoms with van der Waals surface area (Å²) in [7, 11) is 2.15. The number of anilines is 1. The van der Waals surface area contributed by atoms with Crippen molar-refractivity contribution in [3.63, 3.8) is 0 Å². The molecule has 1 atom stereocenters. The van der Waals surface area contributed by atoms with E-state index in [2.05, 4.69) is 40.4 Å². The van der Waals surface area contributed by atoms with Crippen molar-refractivity contribution in [1.82, 2.24) is 10.3 Å². The number of nitrogens with zero attached hydrogens (tertiary/aromatic N) is 2. The molecule has 1 fully saturated rings. The minimum absolute atomic E-state index is 0. The van der Waals surface area contributed by atoms with E-state index in [4.69, 9.17) is 0 Å². The van der Waals surface area contributed by atoms with Gasteiger partial charge in [-0.2, -0.15) is 0 Å². The number of para-hydroxylation sites is 1. The van der Waals surface area contributed by atoms with Crippen molar-refractivity contribution in [2.75, 3.05) is 25.0 Å². The highest BCUT2D eigenvalue weighted by molar-refractivity contribution is 7.22. The number of thiazole rings is 1. The quantitative estimate of drug-likeness (QED) is 0.908.